The monoisotopic (exact) mass is 274 g/mol. The van der Waals surface area contributed by atoms with Gasteiger partial charge in [0.1, 0.15) is 6.04 Å². The highest BCUT2D eigenvalue weighted by atomic mass is 16.5. The Kier molecular flexibility index (Phi) is 7.06. The number of rotatable bonds is 8. The molecule has 0 rings (SSSR count). The van der Waals surface area contributed by atoms with Gasteiger partial charge in [0.15, 0.2) is 0 Å². The maximum absolute atomic E-state index is 11.9. The molecule has 0 aliphatic rings. The topological polar surface area (TPSA) is 119 Å². The van der Waals surface area contributed by atoms with E-state index in [4.69, 9.17) is 10.8 Å². The molecule has 19 heavy (non-hydrogen) atoms. The fourth-order valence-corrected chi connectivity index (χ4v) is 1.49. The zero-order valence-electron chi connectivity index (χ0n) is 11.6. The quantitative estimate of drug-likeness (QED) is 0.537. The van der Waals surface area contributed by atoms with Crippen molar-refractivity contribution in [2.75, 3.05) is 7.11 Å². The maximum Gasteiger partial charge on any atom is 0.326 e. The molecular formula is C12H22N2O5. The van der Waals surface area contributed by atoms with Gasteiger partial charge in [0.05, 0.1) is 12.6 Å². The van der Waals surface area contributed by atoms with Crippen molar-refractivity contribution in [2.45, 2.75) is 51.1 Å². The van der Waals surface area contributed by atoms with Gasteiger partial charge >= 0.3 is 11.9 Å². The molecule has 0 aromatic carbocycles. The summed E-state index contributed by atoms with van der Waals surface area (Å²) in [6.45, 7) is 3.51. The van der Waals surface area contributed by atoms with Crippen LogP contribution in [0.25, 0.3) is 0 Å². The van der Waals surface area contributed by atoms with Gasteiger partial charge in [-0.2, -0.15) is 0 Å². The number of nitrogens with one attached hydrogen (secondary N) is 1. The van der Waals surface area contributed by atoms with E-state index in [2.05, 4.69) is 10.1 Å². The highest BCUT2D eigenvalue weighted by Crippen LogP contribution is 2.12. The van der Waals surface area contributed by atoms with Crippen LogP contribution in [-0.4, -0.2) is 41.6 Å². The van der Waals surface area contributed by atoms with Gasteiger partial charge in [-0.15, -0.1) is 0 Å². The number of carbonyl (C=O) groups is 3. The summed E-state index contributed by atoms with van der Waals surface area (Å²) in [7, 11) is 1.22. The average molecular weight is 274 g/mol. The van der Waals surface area contributed by atoms with Crippen molar-refractivity contribution >= 4 is 17.8 Å². The molecule has 7 heteroatoms. The summed E-state index contributed by atoms with van der Waals surface area (Å²) in [5.41, 5.74) is 4.79. The number of carboxylic acid groups (broad SMARTS) is 1. The molecule has 0 saturated carbocycles. The normalized spacial score (nSPS) is 12.6. The molecule has 0 radical (unpaired) electrons. The minimum absolute atomic E-state index is 0.0305. The molecule has 0 unspecified atom stereocenters. The van der Waals surface area contributed by atoms with Crippen molar-refractivity contribution in [2.24, 2.45) is 5.73 Å². The number of hydrogen-bond donors (Lipinski definition) is 3. The van der Waals surface area contributed by atoms with E-state index in [1.54, 1.807) is 13.8 Å². The molecule has 0 saturated heterocycles. The van der Waals surface area contributed by atoms with Crippen LogP contribution in [0, 0.1) is 0 Å². The van der Waals surface area contributed by atoms with Crippen molar-refractivity contribution in [1.82, 2.24) is 5.32 Å². The first-order valence-electron chi connectivity index (χ1n) is 6.20. The third-order valence-corrected chi connectivity index (χ3v) is 3.18. The lowest BCUT2D eigenvalue weighted by Crippen LogP contribution is -2.56. The van der Waals surface area contributed by atoms with Crippen molar-refractivity contribution in [1.29, 1.82) is 0 Å². The van der Waals surface area contributed by atoms with Crippen LogP contribution >= 0.6 is 0 Å². The van der Waals surface area contributed by atoms with Crippen LogP contribution < -0.4 is 11.1 Å². The summed E-state index contributed by atoms with van der Waals surface area (Å²) in [6.07, 6.45) is 0.693. The van der Waals surface area contributed by atoms with E-state index in [9.17, 15) is 14.4 Å². The zero-order valence-corrected chi connectivity index (χ0v) is 11.6. The van der Waals surface area contributed by atoms with Crippen molar-refractivity contribution in [3.05, 3.63) is 0 Å². The Balaban J connectivity index is 4.63. The predicted molar refractivity (Wildman–Crippen MR) is 68.3 cm³/mol. The number of carbonyl (C=O) groups excluding carboxylic acids is 2. The second-order valence-corrected chi connectivity index (χ2v) is 4.34. The Hall–Kier alpha value is -1.63. The van der Waals surface area contributed by atoms with Gasteiger partial charge < -0.3 is 20.9 Å². The number of aliphatic carboxylic acids is 1. The highest BCUT2D eigenvalue weighted by Gasteiger charge is 2.33. The summed E-state index contributed by atoms with van der Waals surface area (Å²) in [6, 6.07) is -1.15. The standard InChI is InChI=1S/C12H22N2O5/c1-4-12(13,5-2)11(18)14-8(10(16)17)6-7-9(15)19-3/h8H,4-7,13H2,1-3H3,(H,14,18)(H,16,17)/t8-/m0/s1. The maximum atomic E-state index is 11.9. The summed E-state index contributed by atoms with van der Waals surface area (Å²) < 4.78 is 4.43. The van der Waals surface area contributed by atoms with Gasteiger partial charge in [-0.05, 0) is 19.3 Å². The first kappa shape index (κ1) is 17.4. The van der Waals surface area contributed by atoms with Gasteiger partial charge in [-0.25, -0.2) is 4.79 Å². The molecule has 0 heterocycles. The molecule has 0 aromatic heterocycles. The van der Waals surface area contributed by atoms with Crippen molar-refractivity contribution in [3.63, 3.8) is 0 Å². The molecule has 7 nitrogen and oxygen atoms in total. The number of esters is 1. The highest BCUT2D eigenvalue weighted by molar-refractivity contribution is 5.90. The summed E-state index contributed by atoms with van der Waals surface area (Å²) >= 11 is 0. The van der Waals surface area contributed by atoms with E-state index in [0.29, 0.717) is 12.8 Å². The summed E-state index contributed by atoms with van der Waals surface area (Å²) in [4.78, 5) is 34.0. The van der Waals surface area contributed by atoms with Crippen molar-refractivity contribution in [3.8, 4) is 0 Å². The number of carboxylic acids is 1. The number of amides is 1. The van der Waals surface area contributed by atoms with Gasteiger partial charge in [-0.1, -0.05) is 13.8 Å². The zero-order chi connectivity index (χ0) is 15.1. The SMILES string of the molecule is CCC(N)(CC)C(=O)N[C@@H](CCC(=O)OC)C(=O)O. The van der Waals surface area contributed by atoms with E-state index in [1.165, 1.54) is 7.11 Å². The summed E-state index contributed by atoms with van der Waals surface area (Å²) in [5, 5.41) is 11.4. The predicted octanol–water partition coefficient (Wildman–Crippen LogP) is 0.0265. The number of nitrogens with two attached hydrogens (primary N) is 1. The van der Waals surface area contributed by atoms with Crippen LogP contribution in [0.4, 0.5) is 0 Å². The smallest absolute Gasteiger partial charge is 0.326 e. The minimum atomic E-state index is -1.20. The van der Waals surface area contributed by atoms with Crippen LogP contribution in [0.1, 0.15) is 39.5 Å². The fourth-order valence-electron chi connectivity index (χ4n) is 1.49. The fraction of sp³-hybridized carbons (Fsp3) is 0.750. The van der Waals surface area contributed by atoms with Crippen LogP contribution in [-0.2, 0) is 19.1 Å². The van der Waals surface area contributed by atoms with Crippen LogP contribution in [0.5, 0.6) is 0 Å². The van der Waals surface area contributed by atoms with Gasteiger partial charge in [-0.3, -0.25) is 9.59 Å². The van der Waals surface area contributed by atoms with E-state index in [-0.39, 0.29) is 12.8 Å². The van der Waals surface area contributed by atoms with Crippen molar-refractivity contribution < 1.29 is 24.2 Å². The Morgan fingerprint density at radius 1 is 1.32 bits per heavy atom. The Bertz CT molecular complexity index is 339. The molecule has 4 N–H and O–H groups in total. The van der Waals surface area contributed by atoms with E-state index >= 15 is 0 Å². The molecule has 0 fully saturated rings. The second-order valence-electron chi connectivity index (χ2n) is 4.34. The first-order valence-corrected chi connectivity index (χ1v) is 6.20. The lowest BCUT2D eigenvalue weighted by Gasteiger charge is -2.27. The molecule has 1 amide bonds. The van der Waals surface area contributed by atoms with Crippen LogP contribution in [0.3, 0.4) is 0 Å². The van der Waals surface area contributed by atoms with E-state index < -0.39 is 29.4 Å². The molecule has 0 aliphatic carbocycles. The Morgan fingerprint density at radius 2 is 1.84 bits per heavy atom. The minimum Gasteiger partial charge on any atom is -0.480 e. The first-order chi connectivity index (χ1) is 8.80. The van der Waals surface area contributed by atoms with Gasteiger partial charge in [0.25, 0.3) is 0 Å². The van der Waals surface area contributed by atoms with E-state index in [1.807, 2.05) is 0 Å². The van der Waals surface area contributed by atoms with Gasteiger partial charge in [0.2, 0.25) is 5.91 Å². The molecule has 0 aliphatic heterocycles. The second kappa shape index (κ2) is 7.73. The molecule has 110 valence electrons. The molecular weight excluding hydrogens is 252 g/mol. The molecule has 0 spiro atoms. The lowest BCUT2D eigenvalue weighted by molar-refractivity contribution is -0.144. The third kappa shape index (κ3) is 5.25. The van der Waals surface area contributed by atoms with Gasteiger partial charge in [0, 0.05) is 6.42 Å². The third-order valence-electron chi connectivity index (χ3n) is 3.18. The number of methoxy groups -OCH3 is 1. The lowest BCUT2D eigenvalue weighted by atomic mass is 9.92. The number of ether oxygens (including phenoxy) is 1. The molecule has 0 aromatic rings. The molecule has 1 atom stereocenters. The van der Waals surface area contributed by atoms with Crippen LogP contribution in [0.15, 0.2) is 0 Å². The Morgan fingerprint density at radius 3 is 2.21 bits per heavy atom. The Labute approximate surface area is 112 Å². The number of hydrogen-bond acceptors (Lipinski definition) is 5. The average Bonchev–Trinajstić information content (AvgIpc) is 2.41. The van der Waals surface area contributed by atoms with E-state index in [0.717, 1.165) is 0 Å². The largest absolute Gasteiger partial charge is 0.480 e. The summed E-state index contributed by atoms with van der Waals surface area (Å²) in [5.74, 6) is -2.24. The van der Waals surface area contributed by atoms with Crippen LogP contribution in [0.2, 0.25) is 0 Å². The molecule has 0 bridgehead atoms.